The number of benzene rings is 2. The van der Waals surface area contributed by atoms with Gasteiger partial charge in [0, 0.05) is 18.3 Å². The number of carboxylic acids is 1. The Morgan fingerprint density at radius 2 is 1.64 bits per heavy atom. The molecule has 0 aromatic heterocycles. The number of ketones is 1. The molecular formula is C37H46O5. The number of allylic oxidation sites excluding steroid dienone is 1. The summed E-state index contributed by atoms with van der Waals surface area (Å²) in [7, 11) is 0. The summed E-state index contributed by atoms with van der Waals surface area (Å²) in [6.45, 7) is 8.56. The van der Waals surface area contributed by atoms with Gasteiger partial charge in [0.1, 0.15) is 5.78 Å². The fraction of sp³-hybridized carbons (Fsp3) is 0.568. The van der Waals surface area contributed by atoms with Gasteiger partial charge >= 0.3 is 5.97 Å². The highest BCUT2D eigenvalue weighted by Crippen LogP contribution is 2.70. The Balaban J connectivity index is 1.25. The molecule has 0 aliphatic heterocycles. The van der Waals surface area contributed by atoms with Gasteiger partial charge in [-0.05, 0) is 98.5 Å². The van der Waals surface area contributed by atoms with Crippen molar-refractivity contribution in [2.45, 2.75) is 97.4 Å². The topological polar surface area (TPSA) is 83.8 Å². The molecule has 0 amide bonds. The van der Waals surface area contributed by atoms with Crippen molar-refractivity contribution in [3.63, 3.8) is 0 Å². The molecule has 2 N–H and O–H groups in total. The molecule has 224 valence electrons. The zero-order valence-corrected chi connectivity index (χ0v) is 25.6. The van der Waals surface area contributed by atoms with E-state index in [-0.39, 0.29) is 16.2 Å². The van der Waals surface area contributed by atoms with Gasteiger partial charge < -0.3 is 14.9 Å². The zero-order chi connectivity index (χ0) is 29.9. The first-order valence-corrected chi connectivity index (χ1v) is 15.8. The second-order valence-electron chi connectivity index (χ2n) is 14.4. The SMILES string of the molecule is CC(=O)[C@@]1(Cc2ccccc2)CC[C@H]2[C@@H]3CC=C4C[C@](O)(OC(C(=O)O)c5ccc(C)cc5)CC[C@]4(C)[C@H]3CC[C@@]21C. The Kier molecular flexibility index (Phi) is 7.29. The average molecular weight is 571 g/mol. The van der Waals surface area contributed by atoms with Crippen molar-refractivity contribution in [2.24, 2.45) is 34.0 Å². The molecule has 5 heteroatoms. The largest absolute Gasteiger partial charge is 0.479 e. The summed E-state index contributed by atoms with van der Waals surface area (Å²) in [5.74, 6) is -0.756. The number of hydrogen-bond donors (Lipinski definition) is 2. The first-order valence-electron chi connectivity index (χ1n) is 15.8. The summed E-state index contributed by atoms with van der Waals surface area (Å²) in [5.41, 5.74) is 3.66. The summed E-state index contributed by atoms with van der Waals surface area (Å²) < 4.78 is 6.07. The van der Waals surface area contributed by atoms with Gasteiger partial charge in [0.15, 0.2) is 11.9 Å². The van der Waals surface area contributed by atoms with Gasteiger partial charge in [0.2, 0.25) is 0 Å². The maximum absolute atomic E-state index is 13.5. The molecule has 2 aromatic rings. The molecule has 4 aliphatic carbocycles. The molecule has 1 unspecified atom stereocenters. The van der Waals surface area contributed by atoms with Gasteiger partial charge in [-0.3, -0.25) is 4.79 Å². The van der Waals surface area contributed by atoms with Crippen molar-refractivity contribution in [1.82, 2.24) is 0 Å². The van der Waals surface area contributed by atoms with E-state index in [1.807, 2.05) is 32.0 Å². The van der Waals surface area contributed by atoms with E-state index in [1.54, 1.807) is 12.1 Å². The third-order valence-corrected chi connectivity index (χ3v) is 12.5. The minimum atomic E-state index is -1.51. The van der Waals surface area contributed by atoms with Crippen LogP contribution in [0, 0.1) is 40.9 Å². The lowest BCUT2D eigenvalue weighted by atomic mass is 9.44. The number of rotatable bonds is 7. The number of ether oxygens (including phenoxy) is 1. The highest BCUT2D eigenvalue weighted by molar-refractivity contribution is 5.84. The summed E-state index contributed by atoms with van der Waals surface area (Å²) >= 11 is 0. The molecule has 0 heterocycles. The van der Waals surface area contributed by atoms with Crippen molar-refractivity contribution in [3.8, 4) is 0 Å². The van der Waals surface area contributed by atoms with E-state index in [4.69, 9.17) is 4.74 Å². The predicted octanol–water partition coefficient (Wildman–Crippen LogP) is 7.61. The van der Waals surface area contributed by atoms with Crippen molar-refractivity contribution in [1.29, 1.82) is 0 Å². The van der Waals surface area contributed by atoms with Gasteiger partial charge in [-0.15, -0.1) is 0 Å². The van der Waals surface area contributed by atoms with Crippen LogP contribution in [0.5, 0.6) is 0 Å². The van der Waals surface area contributed by atoms with E-state index in [1.165, 1.54) is 11.1 Å². The van der Waals surface area contributed by atoms with Crippen molar-refractivity contribution in [2.75, 3.05) is 0 Å². The Bertz CT molecular complexity index is 1380. The van der Waals surface area contributed by atoms with Gasteiger partial charge in [0.25, 0.3) is 0 Å². The van der Waals surface area contributed by atoms with Crippen LogP contribution >= 0.6 is 0 Å². The van der Waals surface area contributed by atoms with Crippen LogP contribution in [0.3, 0.4) is 0 Å². The van der Waals surface area contributed by atoms with Gasteiger partial charge in [-0.1, -0.05) is 85.7 Å². The summed E-state index contributed by atoms with van der Waals surface area (Å²) in [6.07, 6.45) is 8.59. The second-order valence-corrected chi connectivity index (χ2v) is 14.4. The van der Waals surface area contributed by atoms with E-state index in [9.17, 15) is 19.8 Å². The van der Waals surface area contributed by atoms with Crippen LogP contribution in [0.4, 0.5) is 0 Å². The number of aliphatic hydroxyl groups is 1. The van der Waals surface area contributed by atoms with E-state index in [0.717, 1.165) is 50.5 Å². The third kappa shape index (κ3) is 4.59. The van der Waals surface area contributed by atoms with E-state index >= 15 is 0 Å². The summed E-state index contributed by atoms with van der Waals surface area (Å²) in [5, 5.41) is 21.6. The smallest absolute Gasteiger partial charge is 0.337 e. The molecular weight excluding hydrogens is 524 g/mol. The highest BCUT2D eigenvalue weighted by Gasteiger charge is 2.65. The number of carbonyl (C=O) groups excluding carboxylic acids is 1. The fourth-order valence-corrected chi connectivity index (χ4v) is 10.0. The molecule has 6 rings (SSSR count). The molecule has 5 nitrogen and oxygen atoms in total. The molecule has 0 spiro atoms. The quantitative estimate of drug-likeness (QED) is 0.264. The van der Waals surface area contributed by atoms with Crippen LogP contribution < -0.4 is 0 Å². The average Bonchev–Trinajstić information content (AvgIpc) is 3.26. The Morgan fingerprint density at radius 3 is 2.31 bits per heavy atom. The molecule has 8 atom stereocenters. The van der Waals surface area contributed by atoms with Crippen LogP contribution in [0.2, 0.25) is 0 Å². The van der Waals surface area contributed by atoms with Gasteiger partial charge in [0.05, 0.1) is 0 Å². The maximum Gasteiger partial charge on any atom is 0.337 e. The number of carboxylic acid groups (broad SMARTS) is 1. The number of Topliss-reactive ketones (excluding diaryl/α,β-unsaturated/α-hetero) is 1. The first-order chi connectivity index (χ1) is 19.9. The predicted molar refractivity (Wildman–Crippen MR) is 163 cm³/mol. The Morgan fingerprint density at radius 1 is 0.952 bits per heavy atom. The molecule has 3 fully saturated rings. The van der Waals surface area contributed by atoms with E-state index < -0.39 is 17.9 Å². The van der Waals surface area contributed by atoms with Crippen molar-refractivity contribution in [3.05, 3.63) is 82.9 Å². The van der Waals surface area contributed by atoms with Crippen LogP contribution in [-0.4, -0.2) is 27.8 Å². The fourth-order valence-electron chi connectivity index (χ4n) is 10.0. The maximum atomic E-state index is 13.5. The number of carbonyl (C=O) groups is 2. The third-order valence-electron chi connectivity index (χ3n) is 12.5. The lowest BCUT2D eigenvalue weighted by molar-refractivity contribution is -0.252. The second kappa shape index (κ2) is 10.4. The Hall–Kier alpha value is -2.76. The van der Waals surface area contributed by atoms with Gasteiger partial charge in [-0.2, -0.15) is 0 Å². The first kappa shape index (κ1) is 29.3. The summed E-state index contributed by atoms with van der Waals surface area (Å²) in [4.78, 5) is 25.7. The van der Waals surface area contributed by atoms with Crippen LogP contribution in [0.15, 0.2) is 66.2 Å². The normalized spacial score (nSPS) is 38.0. The number of aliphatic carboxylic acids is 1. The molecule has 0 bridgehead atoms. The van der Waals surface area contributed by atoms with Crippen molar-refractivity contribution < 1.29 is 24.5 Å². The molecule has 4 aliphatic rings. The molecule has 2 aromatic carbocycles. The standard InChI is InChI=1S/C37H46O5/c1-24-10-12-27(13-11-24)32(33(39)40)42-37(41)21-20-34(3)28(23-37)14-15-29-30(34)16-18-35(4)31(29)17-19-36(35,25(2)38)22-26-8-6-5-7-9-26/h5-14,29-32,41H,15-23H2,1-4H3,(H,39,40)/t29-,30+,31+,32?,34+,35+,36+,37-/m1/s1. The summed E-state index contributed by atoms with van der Waals surface area (Å²) in [6, 6.07) is 17.8. The van der Waals surface area contributed by atoms with E-state index in [2.05, 4.69) is 44.2 Å². The van der Waals surface area contributed by atoms with Crippen LogP contribution in [0.25, 0.3) is 0 Å². The lowest BCUT2D eigenvalue weighted by Gasteiger charge is -2.60. The van der Waals surface area contributed by atoms with Crippen LogP contribution in [-0.2, 0) is 20.7 Å². The monoisotopic (exact) mass is 570 g/mol. The van der Waals surface area contributed by atoms with Crippen LogP contribution in [0.1, 0.15) is 94.9 Å². The van der Waals surface area contributed by atoms with Gasteiger partial charge in [-0.25, -0.2) is 4.79 Å². The Labute approximate surface area is 250 Å². The number of hydrogen-bond acceptors (Lipinski definition) is 4. The number of fused-ring (bicyclic) bond motifs is 5. The molecule has 0 radical (unpaired) electrons. The van der Waals surface area contributed by atoms with Crippen molar-refractivity contribution >= 4 is 11.8 Å². The minimum Gasteiger partial charge on any atom is -0.479 e. The zero-order valence-electron chi connectivity index (χ0n) is 25.6. The highest BCUT2D eigenvalue weighted by atomic mass is 16.6. The minimum absolute atomic E-state index is 0.0290. The van der Waals surface area contributed by atoms with E-state index in [0.29, 0.717) is 41.9 Å². The number of aryl methyl sites for hydroxylation is 1. The molecule has 0 saturated heterocycles. The molecule has 3 saturated carbocycles. The molecule has 42 heavy (non-hydrogen) atoms. The lowest BCUT2D eigenvalue weighted by Crippen LogP contribution is -2.55.